The number of fused-ring (bicyclic) bond motifs is 9. The third-order valence-electron chi connectivity index (χ3n) is 15.5. The van der Waals surface area contributed by atoms with E-state index in [9.17, 15) is 0 Å². The summed E-state index contributed by atoms with van der Waals surface area (Å²) in [7, 11) is 0. The van der Waals surface area contributed by atoms with Crippen LogP contribution in [0.15, 0.2) is 157 Å². The zero-order valence-electron chi connectivity index (χ0n) is 38.8. The SMILES string of the molecule is Cc1cc2c3c(c1)-n1c4c(c5cccc(c51)B3c1ccc(N(C3=CC=CCC3C)c3ccccc3C)cc1N2c1ccc(C(C)(C)C)cc1-c1ccccc1)C1CCCC=C1C4(C)C. The molecule has 6 aromatic carbocycles. The Bertz CT molecular complexity index is 3190. The van der Waals surface area contributed by atoms with Gasteiger partial charge in [0.25, 0.3) is 6.71 Å². The third-order valence-corrected chi connectivity index (χ3v) is 15.5. The molecule has 0 amide bonds. The number of allylic oxidation sites excluding steroid dienone is 6. The van der Waals surface area contributed by atoms with Crippen LogP contribution in [0.1, 0.15) is 101 Å². The second kappa shape index (κ2) is 14.1. The quantitative estimate of drug-likeness (QED) is 0.126. The van der Waals surface area contributed by atoms with E-state index in [4.69, 9.17) is 0 Å². The van der Waals surface area contributed by atoms with Gasteiger partial charge in [-0.15, -0.1) is 0 Å². The number of benzene rings is 6. The number of rotatable bonds is 5. The van der Waals surface area contributed by atoms with Crippen LogP contribution >= 0.6 is 0 Å². The van der Waals surface area contributed by atoms with E-state index in [0.717, 1.165) is 6.42 Å². The molecule has 7 aromatic rings. The minimum atomic E-state index is -0.0657. The van der Waals surface area contributed by atoms with Crippen LogP contribution in [0.3, 0.4) is 0 Å². The highest BCUT2D eigenvalue weighted by Gasteiger charge is 2.50. The molecule has 0 saturated carbocycles. The Morgan fingerprint density at radius 1 is 0.766 bits per heavy atom. The van der Waals surface area contributed by atoms with E-state index < -0.39 is 0 Å². The van der Waals surface area contributed by atoms with Gasteiger partial charge in [0.2, 0.25) is 0 Å². The smallest absolute Gasteiger partial charge is 0.252 e. The first-order valence-corrected chi connectivity index (χ1v) is 23.8. The van der Waals surface area contributed by atoms with Crippen LogP contribution in [0.4, 0.5) is 28.4 Å². The minimum absolute atomic E-state index is 0.0150. The fourth-order valence-electron chi connectivity index (χ4n) is 12.6. The molecule has 0 saturated heterocycles. The summed E-state index contributed by atoms with van der Waals surface area (Å²) >= 11 is 0. The van der Waals surface area contributed by atoms with Gasteiger partial charge in [0, 0.05) is 73.5 Å². The van der Waals surface area contributed by atoms with Gasteiger partial charge in [-0.1, -0.05) is 144 Å². The highest BCUT2D eigenvalue weighted by molar-refractivity contribution is 7.00. The molecule has 2 aliphatic heterocycles. The van der Waals surface area contributed by atoms with Gasteiger partial charge in [-0.05, 0) is 138 Å². The number of aromatic nitrogens is 1. The van der Waals surface area contributed by atoms with Crippen molar-refractivity contribution in [1.82, 2.24) is 4.57 Å². The Morgan fingerprint density at radius 3 is 2.36 bits per heavy atom. The molecule has 0 N–H and O–H groups in total. The number of aryl methyl sites for hydroxylation is 2. The monoisotopic (exact) mass is 831 g/mol. The van der Waals surface area contributed by atoms with E-state index in [1.807, 2.05) is 0 Å². The largest absolute Gasteiger partial charge is 0.314 e. The highest BCUT2D eigenvalue weighted by atomic mass is 15.2. The molecule has 5 aliphatic rings. The number of anilines is 5. The van der Waals surface area contributed by atoms with E-state index in [2.05, 4.69) is 215 Å². The molecule has 3 aliphatic carbocycles. The zero-order chi connectivity index (χ0) is 43.8. The first-order chi connectivity index (χ1) is 30.9. The molecule has 316 valence electrons. The number of para-hydroxylation sites is 2. The summed E-state index contributed by atoms with van der Waals surface area (Å²) in [6, 6.07) is 47.0. The van der Waals surface area contributed by atoms with Gasteiger partial charge in [0.1, 0.15) is 0 Å². The van der Waals surface area contributed by atoms with Gasteiger partial charge in [-0.3, -0.25) is 0 Å². The van der Waals surface area contributed by atoms with Gasteiger partial charge in [0.15, 0.2) is 0 Å². The maximum Gasteiger partial charge on any atom is 0.252 e. The fourth-order valence-corrected chi connectivity index (χ4v) is 12.6. The Balaban J connectivity index is 1.20. The lowest BCUT2D eigenvalue weighted by Crippen LogP contribution is -2.60. The lowest BCUT2D eigenvalue weighted by molar-refractivity contribution is 0.544. The maximum absolute atomic E-state index is 2.75. The van der Waals surface area contributed by atoms with E-state index in [1.54, 1.807) is 11.1 Å². The molecule has 64 heavy (non-hydrogen) atoms. The Kier molecular flexibility index (Phi) is 8.68. The van der Waals surface area contributed by atoms with E-state index in [1.165, 1.54) is 120 Å². The van der Waals surface area contributed by atoms with Gasteiger partial charge in [0.05, 0.1) is 5.69 Å². The van der Waals surface area contributed by atoms with Crippen LogP contribution in [0.5, 0.6) is 0 Å². The molecule has 4 heteroatoms. The Labute approximate surface area is 380 Å². The molecular formula is C60H58BN3. The van der Waals surface area contributed by atoms with Gasteiger partial charge in [-0.2, -0.15) is 0 Å². The average Bonchev–Trinajstić information content (AvgIpc) is 3.77. The summed E-state index contributed by atoms with van der Waals surface area (Å²) in [4.78, 5) is 5.21. The van der Waals surface area contributed by atoms with Crippen LogP contribution in [0, 0.1) is 19.8 Å². The highest BCUT2D eigenvalue weighted by Crippen LogP contribution is 2.58. The summed E-state index contributed by atoms with van der Waals surface area (Å²) in [5.41, 5.74) is 25.4. The van der Waals surface area contributed by atoms with Gasteiger partial charge in [-0.25, -0.2) is 0 Å². The van der Waals surface area contributed by atoms with Crippen molar-refractivity contribution in [3.63, 3.8) is 0 Å². The number of hydrogen-bond acceptors (Lipinski definition) is 2. The molecule has 12 rings (SSSR count). The Morgan fingerprint density at radius 2 is 1.56 bits per heavy atom. The van der Waals surface area contributed by atoms with Gasteiger partial charge >= 0.3 is 0 Å². The molecule has 0 radical (unpaired) electrons. The molecule has 0 spiro atoms. The van der Waals surface area contributed by atoms with Crippen molar-refractivity contribution < 1.29 is 0 Å². The minimum Gasteiger partial charge on any atom is -0.314 e. The van der Waals surface area contributed by atoms with Crippen molar-refractivity contribution in [2.24, 2.45) is 5.92 Å². The fraction of sp³-hybridized carbons (Fsp3) is 0.267. The standard InChI is InChI=1S/C60H58BN3/c1-37-33-53-56-54(34-37)64-57-44(55-43-23-14-15-25-46(43)60(7,8)58(55)64)24-18-26-48(57)61(56)47-31-30-42(62(49-27-16-12-19-38(49)2)50-28-17-13-20-39(50)3)36-52(47)63(53)51-32-29-41(59(4,5)6)35-45(51)40-21-10-9-11-22-40/h9-13,16-19,21-22,24-36,39,43H,14-15,20,23H2,1-8H3. The normalized spacial score (nSPS) is 18.9. The molecule has 0 bridgehead atoms. The molecule has 0 fully saturated rings. The van der Waals surface area contributed by atoms with Crippen molar-refractivity contribution in [1.29, 1.82) is 0 Å². The molecular weight excluding hydrogens is 773 g/mol. The summed E-state index contributed by atoms with van der Waals surface area (Å²) < 4.78 is 2.75. The number of nitrogens with zero attached hydrogens (tertiary/aromatic N) is 3. The van der Waals surface area contributed by atoms with Crippen molar-refractivity contribution >= 4 is 62.4 Å². The molecule has 3 heterocycles. The van der Waals surface area contributed by atoms with Crippen LogP contribution < -0.4 is 26.2 Å². The molecule has 2 atom stereocenters. The summed E-state index contributed by atoms with van der Waals surface area (Å²) in [6.07, 6.45) is 14.2. The van der Waals surface area contributed by atoms with Crippen molar-refractivity contribution in [2.45, 2.75) is 97.8 Å². The van der Waals surface area contributed by atoms with Crippen LogP contribution in [0.25, 0.3) is 27.7 Å². The molecule has 2 unspecified atom stereocenters. The van der Waals surface area contributed by atoms with Crippen molar-refractivity contribution in [3.05, 3.63) is 185 Å². The summed E-state index contributed by atoms with van der Waals surface area (Å²) in [5.74, 6) is 0.846. The van der Waals surface area contributed by atoms with E-state index >= 15 is 0 Å². The topological polar surface area (TPSA) is 11.4 Å². The van der Waals surface area contributed by atoms with Crippen LogP contribution in [-0.4, -0.2) is 11.3 Å². The first-order valence-electron chi connectivity index (χ1n) is 23.8. The maximum atomic E-state index is 2.75. The van der Waals surface area contributed by atoms with Crippen molar-refractivity contribution in [3.8, 4) is 16.8 Å². The third kappa shape index (κ3) is 5.60. The first kappa shape index (κ1) is 39.3. The number of hydrogen-bond donors (Lipinski definition) is 0. The summed E-state index contributed by atoms with van der Waals surface area (Å²) in [5, 5.41) is 1.45. The van der Waals surface area contributed by atoms with Gasteiger partial charge < -0.3 is 14.4 Å². The lowest BCUT2D eigenvalue weighted by atomic mass is 9.33. The average molecular weight is 832 g/mol. The second-order valence-corrected chi connectivity index (χ2v) is 21.0. The zero-order valence-corrected chi connectivity index (χ0v) is 38.8. The predicted molar refractivity (Wildman–Crippen MR) is 274 cm³/mol. The molecule has 1 aromatic heterocycles. The van der Waals surface area contributed by atoms with Crippen LogP contribution in [0.2, 0.25) is 0 Å². The van der Waals surface area contributed by atoms with Crippen LogP contribution in [-0.2, 0) is 10.8 Å². The van der Waals surface area contributed by atoms with E-state index in [0.29, 0.717) is 11.8 Å². The predicted octanol–water partition coefficient (Wildman–Crippen LogP) is 13.9. The lowest BCUT2D eigenvalue weighted by Gasteiger charge is -2.43. The van der Waals surface area contributed by atoms with Crippen molar-refractivity contribution in [2.75, 3.05) is 9.80 Å². The summed E-state index contributed by atoms with van der Waals surface area (Å²) in [6.45, 7) is 19.0. The second-order valence-electron chi connectivity index (χ2n) is 21.0. The Hall–Kier alpha value is -6.26. The molecule has 3 nitrogen and oxygen atoms in total. The van der Waals surface area contributed by atoms with E-state index in [-0.39, 0.29) is 17.5 Å².